The molecule has 8 heteroatoms. The zero-order valence-electron chi connectivity index (χ0n) is 18.1. The lowest BCUT2D eigenvalue weighted by Crippen LogP contribution is -3.11. The summed E-state index contributed by atoms with van der Waals surface area (Å²) in [4.78, 5) is 28.7. The largest absolute Gasteiger partial charge is 0.360 e. The summed E-state index contributed by atoms with van der Waals surface area (Å²) in [5.74, 6) is 0.746. The van der Waals surface area contributed by atoms with Crippen LogP contribution in [-0.2, 0) is 9.59 Å². The molecule has 0 spiro atoms. The van der Waals surface area contributed by atoms with Crippen LogP contribution >= 0.6 is 11.6 Å². The van der Waals surface area contributed by atoms with Crippen LogP contribution in [0.15, 0.2) is 10.6 Å². The molecule has 7 nitrogen and oxygen atoms in total. The molecule has 0 aliphatic rings. The fraction of sp³-hybridized carbons (Fsp3) is 0.750. The minimum absolute atomic E-state index is 0.0373. The van der Waals surface area contributed by atoms with E-state index in [4.69, 9.17) is 16.1 Å². The molecule has 160 valence electrons. The average Bonchev–Trinajstić information content (AvgIpc) is 3.07. The minimum atomic E-state index is -0.731. The summed E-state index contributed by atoms with van der Waals surface area (Å²) in [6.45, 7) is 14.9. The van der Waals surface area contributed by atoms with Gasteiger partial charge in [0.15, 0.2) is 5.82 Å². The molecule has 0 aromatic carbocycles. The first kappa shape index (κ1) is 24.4. The number of halogens is 1. The van der Waals surface area contributed by atoms with Gasteiger partial charge in [-0.05, 0) is 54.4 Å². The second-order valence-corrected chi connectivity index (χ2v) is 8.29. The third-order valence-corrected chi connectivity index (χ3v) is 5.74. The molecule has 2 amide bonds. The number of hydrogen-bond acceptors (Lipinski definition) is 4. The summed E-state index contributed by atoms with van der Waals surface area (Å²) in [6, 6.07) is 1.58. The SMILES string of the molecule is CC[NH+](CC)CCC[C@@H](C)N(CC(=O)Nc1cc(C)on1)C(=O)C(C)(C)CCl. The monoisotopic (exact) mass is 415 g/mol. The number of quaternary nitrogens is 1. The standard InChI is InChI=1S/C20H35ClN4O3/c1-7-24(8-2)11-9-10-15(3)25(19(27)20(5,6)14-21)13-18(26)22-17-12-16(4)28-23-17/h12,15H,7-11,13-14H2,1-6H3,(H,22,23,26)/p+1/t15-/m1/s1. The van der Waals surface area contributed by atoms with Gasteiger partial charge in [-0.15, -0.1) is 11.6 Å². The van der Waals surface area contributed by atoms with Crippen molar-refractivity contribution in [3.05, 3.63) is 11.8 Å². The fourth-order valence-corrected chi connectivity index (χ4v) is 3.16. The average molecular weight is 416 g/mol. The lowest BCUT2D eigenvalue weighted by atomic mass is 9.93. The van der Waals surface area contributed by atoms with E-state index in [0.29, 0.717) is 11.6 Å². The Bertz CT molecular complexity index is 629. The van der Waals surface area contributed by atoms with Crippen LogP contribution in [0.3, 0.4) is 0 Å². The van der Waals surface area contributed by atoms with E-state index in [9.17, 15) is 9.59 Å². The number of nitrogens with zero attached hydrogens (tertiary/aromatic N) is 2. The van der Waals surface area contributed by atoms with Crippen molar-refractivity contribution in [2.24, 2.45) is 5.41 Å². The van der Waals surface area contributed by atoms with Crippen LogP contribution in [0.4, 0.5) is 5.82 Å². The summed E-state index contributed by atoms with van der Waals surface area (Å²) in [7, 11) is 0. The van der Waals surface area contributed by atoms with E-state index in [-0.39, 0.29) is 30.3 Å². The molecule has 0 fully saturated rings. The Hall–Kier alpha value is -1.60. The number of hydrogen-bond donors (Lipinski definition) is 2. The maximum Gasteiger partial charge on any atom is 0.245 e. The molecule has 1 aromatic heterocycles. The number of carbonyl (C=O) groups excluding carboxylic acids is 2. The van der Waals surface area contributed by atoms with Gasteiger partial charge in [-0.1, -0.05) is 5.16 Å². The third-order valence-electron chi connectivity index (χ3n) is 5.07. The van der Waals surface area contributed by atoms with Crippen LogP contribution in [0, 0.1) is 12.3 Å². The molecule has 1 atom stereocenters. The van der Waals surface area contributed by atoms with Gasteiger partial charge in [-0.2, -0.15) is 0 Å². The highest BCUT2D eigenvalue weighted by Gasteiger charge is 2.34. The Morgan fingerprint density at radius 3 is 2.50 bits per heavy atom. The quantitative estimate of drug-likeness (QED) is 0.512. The number of rotatable bonds is 12. The van der Waals surface area contributed by atoms with Gasteiger partial charge in [0.25, 0.3) is 0 Å². The Morgan fingerprint density at radius 1 is 1.36 bits per heavy atom. The van der Waals surface area contributed by atoms with Crippen molar-refractivity contribution in [2.75, 3.05) is 37.4 Å². The van der Waals surface area contributed by atoms with E-state index >= 15 is 0 Å². The molecule has 0 aliphatic carbocycles. The predicted molar refractivity (Wildman–Crippen MR) is 112 cm³/mol. The molecular formula is C20H36ClN4O3+. The molecule has 1 rings (SSSR count). The number of anilines is 1. The van der Waals surface area contributed by atoms with Crippen molar-refractivity contribution < 1.29 is 19.0 Å². The van der Waals surface area contributed by atoms with Gasteiger partial charge < -0.3 is 19.6 Å². The summed E-state index contributed by atoms with van der Waals surface area (Å²) in [6.07, 6.45) is 1.83. The summed E-state index contributed by atoms with van der Waals surface area (Å²) in [5, 5.41) is 6.46. The van der Waals surface area contributed by atoms with Crippen LogP contribution in [0.25, 0.3) is 0 Å². The molecule has 0 unspecified atom stereocenters. The van der Waals surface area contributed by atoms with Crippen LogP contribution < -0.4 is 10.2 Å². The zero-order chi connectivity index (χ0) is 21.3. The van der Waals surface area contributed by atoms with Gasteiger partial charge >= 0.3 is 0 Å². The van der Waals surface area contributed by atoms with Gasteiger partial charge in [0.05, 0.1) is 25.0 Å². The molecule has 0 bridgehead atoms. The van der Waals surface area contributed by atoms with Crippen LogP contribution in [-0.4, -0.2) is 60.0 Å². The van der Waals surface area contributed by atoms with E-state index in [1.807, 2.05) is 6.92 Å². The van der Waals surface area contributed by atoms with Crippen molar-refractivity contribution in [2.45, 2.75) is 60.4 Å². The van der Waals surface area contributed by atoms with E-state index in [1.54, 1.807) is 31.7 Å². The van der Waals surface area contributed by atoms with Crippen molar-refractivity contribution in [3.63, 3.8) is 0 Å². The molecular weight excluding hydrogens is 380 g/mol. The second kappa shape index (κ2) is 11.4. The number of aryl methyl sites for hydroxylation is 1. The Morgan fingerprint density at radius 2 is 2.00 bits per heavy atom. The van der Waals surface area contributed by atoms with Crippen LogP contribution in [0.2, 0.25) is 0 Å². The lowest BCUT2D eigenvalue weighted by Gasteiger charge is -2.35. The van der Waals surface area contributed by atoms with Crippen LogP contribution in [0.5, 0.6) is 0 Å². The Labute approximate surface area is 173 Å². The first-order valence-electron chi connectivity index (χ1n) is 10.1. The Balaban J connectivity index is 2.80. The molecule has 2 N–H and O–H groups in total. The smallest absolute Gasteiger partial charge is 0.245 e. The second-order valence-electron chi connectivity index (χ2n) is 8.02. The highest BCUT2D eigenvalue weighted by atomic mass is 35.5. The van der Waals surface area contributed by atoms with E-state index < -0.39 is 5.41 Å². The first-order valence-corrected chi connectivity index (χ1v) is 10.6. The van der Waals surface area contributed by atoms with Gasteiger partial charge in [0.2, 0.25) is 11.8 Å². The van der Waals surface area contributed by atoms with E-state index in [1.165, 1.54) is 4.90 Å². The van der Waals surface area contributed by atoms with Gasteiger partial charge in [-0.3, -0.25) is 9.59 Å². The fourth-order valence-electron chi connectivity index (χ4n) is 3.04. The van der Waals surface area contributed by atoms with Crippen molar-refractivity contribution in [3.8, 4) is 0 Å². The normalized spacial score (nSPS) is 12.9. The summed E-state index contributed by atoms with van der Waals surface area (Å²) in [5.41, 5.74) is -0.731. The molecule has 1 aromatic rings. The van der Waals surface area contributed by atoms with Crippen molar-refractivity contribution in [1.82, 2.24) is 10.1 Å². The molecule has 0 saturated carbocycles. The Kier molecular flexibility index (Phi) is 9.96. The van der Waals surface area contributed by atoms with Crippen molar-refractivity contribution >= 4 is 29.2 Å². The highest BCUT2D eigenvalue weighted by molar-refractivity contribution is 6.19. The lowest BCUT2D eigenvalue weighted by molar-refractivity contribution is -0.896. The van der Waals surface area contributed by atoms with Crippen LogP contribution in [0.1, 0.15) is 53.2 Å². The van der Waals surface area contributed by atoms with E-state index in [2.05, 4.69) is 24.3 Å². The first-order chi connectivity index (χ1) is 13.1. The maximum absolute atomic E-state index is 13.1. The van der Waals surface area contributed by atoms with Crippen molar-refractivity contribution in [1.29, 1.82) is 0 Å². The molecule has 0 aliphatic heterocycles. The molecule has 28 heavy (non-hydrogen) atoms. The zero-order valence-corrected chi connectivity index (χ0v) is 18.9. The molecule has 0 radical (unpaired) electrons. The number of amides is 2. The molecule has 0 saturated heterocycles. The number of aromatic nitrogens is 1. The van der Waals surface area contributed by atoms with Gasteiger partial charge in [0, 0.05) is 18.0 Å². The number of carbonyl (C=O) groups is 2. The predicted octanol–water partition coefficient (Wildman–Crippen LogP) is 2.11. The third kappa shape index (κ3) is 7.43. The summed E-state index contributed by atoms with van der Waals surface area (Å²) < 4.78 is 4.97. The number of alkyl halides is 1. The molecule has 1 heterocycles. The maximum atomic E-state index is 13.1. The van der Waals surface area contributed by atoms with Gasteiger partial charge in [0.1, 0.15) is 12.3 Å². The number of nitrogens with one attached hydrogen (secondary N) is 2. The summed E-state index contributed by atoms with van der Waals surface area (Å²) >= 11 is 6.02. The van der Waals surface area contributed by atoms with E-state index in [0.717, 1.165) is 32.5 Å². The topological polar surface area (TPSA) is 79.9 Å². The minimum Gasteiger partial charge on any atom is -0.360 e. The van der Waals surface area contributed by atoms with Gasteiger partial charge in [-0.25, -0.2) is 0 Å². The highest BCUT2D eigenvalue weighted by Crippen LogP contribution is 2.23.